The summed E-state index contributed by atoms with van der Waals surface area (Å²) >= 11 is 0. The van der Waals surface area contributed by atoms with Crippen LogP contribution in [0.4, 0.5) is 17.1 Å². The summed E-state index contributed by atoms with van der Waals surface area (Å²) in [4.78, 5) is 2.63. The Labute approximate surface area is 351 Å². The van der Waals surface area contributed by atoms with Crippen LogP contribution in [-0.4, -0.2) is 0 Å². The molecule has 0 N–H and O–H groups in total. The molecule has 3 unspecified atom stereocenters. The van der Waals surface area contributed by atoms with Crippen molar-refractivity contribution in [1.29, 1.82) is 0 Å². The number of fused-ring (bicyclic) bond motifs is 5. The van der Waals surface area contributed by atoms with Gasteiger partial charge < -0.3 is 4.90 Å². The molecule has 3 saturated carbocycles. The normalized spacial score (nSPS) is 20.3. The summed E-state index contributed by atoms with van der Waals surface area (Å²) in [5, 5.41) is 0. The highest BCUT2D eigenvalue weighted by atomic mass is 15.1. The molecule has 0 aliphatic heterocycles. The van der Waals surface area contributed by atoms with Crippen molar-refractivity contribution >= 4 is 17.1 Å². The minimum atomic E-state index is -0.150. The number of hydrogen-bond donors (Lipinski definition) is 0. The van der Waals surface area contributed by atoms with Gasteiger partial charge in [0.1, 0.15) is 0 Å². The van der Waals surface area contributed by atoms with E-state index >= 15 is 0 Å². The summed E-state index contributed by atoms with van der Waals surface area (Å²) in [6.07, 6.45) is 12.1. The predicted octanol–water partition coefficient (Wildman–Crippen LogP) is 16.4. The molecule has 3 atom stereocenters. The van der Waals surface area contributed by atoms with Gasteiger partial charge in [0, 0.05) is 22.2 Å². The van der Waals surface area contributed by atoms with Crippen LogP contribution in [0.15, 0.2) is 164 Å². The van der Waals surface area contributed by atoms with Gasteiger partial charge in [0.25, 0.3) is 0 Å². The number of rotatable bonds is 8. The molecule has 11 rings (SSSR count). The van der Waals surface area contributed by atoms with Crippen LogP contribution in [0.3, 0.4) is 0 Å². The first kappa shape index (κ1) is 36.4. The molecule has 2 bridgehead atoms. The number of hydrogen-bond acceptors (Lipinski definition) is 1. The highest BCUT2D eigenvalue weighted by Crippen LogP contribution is 2.56. The van der Waals surface area contributed by atoms with Crippen LogP contribution < -0.4 is 4.90 Å². The van der Waals surface area contributed by atoms with E-state index in [2.05, 4.69) is 183 Å². The maximum atomic E-state index is 2.63. The molecule has 0 heterocycles. The maximum Gasteiger partial charge on any atom is 0.0544 e. The molecule has 1 heteroatoms. The zero-order valence-corrected chi connectivity index (χ0v) is 34.7. The Morgan fingerprint density at radius 3 is 1.86 bits per heavy atom. The monoisotopic (exact) mass is 765 g/mol. The lowest BCUT2D eigenvalue weighted by atomic mass is 9.80. The van der Waals surface area contributed by atoms with Gasteiger partial charge in [-0.1, -0.05) is 173 Å². The molecular weight excluding hydrogens is 711 g/mol. The predicted molar refractivity (Wildman–Crippen MR) is 249 cm³/mol. The van der Waals surface area contributed by atoms with Crippen molar-refractivity contribution < 1.29 is 0 Å². The number of benzene rings is 7. The van der Waals surface area contributed by atoms with Crippen molar-refractivity contribution in [3.05, 3.63) is 186 Å². The SMILES string of the molecule is CC1(C)c2ccccc2-c2cc(-c3ccccc3-c3ccccc3)c(N(c3ccc(C4CC5CCC4C5)cc3)c3ccccc3-c3ccccc3C3CCCCC3)cc21. The fraction of sp³-hybridized carbons (Fsp3) is 0.276. The summed E-state index contributed by atoms with van der Waals surface area (Å²) in [6.45, 7) is 4.84. The molecule has 7 aromatic rings. The number of para-hydroxylation sites is 1. The van der Waals surface area contributed by atoms with Crippen LogP contribution in [0, 0.1) is 11.8 Å². The zero-order chi connectivity index (χ0) is 39.5. The zero-order valence-electron chi connectivity index (χ0n) is 34.7. The van der Waals surface area contributed by atoms with Gasteiger partial charge >= 0.3 is 0 Å². The lowest BCUT2D eigenvalue weighted by molar-refractivity contribution is 0.420. The van der Waals surface area contributed by atoms with E-state index in [9.17, 15) is 0 Å². The number of nitrogens with zero attached hydrogens (tertiary/aromatic N) is 1. The Balaban J connectivity index is 1.18. The minimum absolute atomic E-state index is 0.150. The molecule has 3 fully saturated rings. The average molecular weight is 766 g/mol. The van der Waals surface area contributed by atoms with E-state index in [1.54, 1.807) is 0 Å². The Kier molecular flexibility index (Phi) is 9.18. The van der Waals surface area contributed by atoms with E-state index in [-0.39, 0.29) is 5.41 Å². The summed E-state index contributed by atoms with van der Waals surface area (Å²) in [6, 6.07) is 62.7. The second-order valence-electron chi connectivity index (χ2n) is 18.6. The highest BCUT2D eigenvalue weighted by Gasteiger charge is 2.41. The first-order valence-electron chi connectivity index (χ1n) is 22.5. The number of anilines is 3. The van der Waals surface area contributed by atoms with E-state index in [1.165, 1.54) is 142 Å². The largest absolute Gasteiger partial charge is 0.309 e. The van der Waals surface area contributed by atoms with Crippen molar-refractivity contribution in [2.75, 3.05) is 4.90 Å². The van der Waals surface area contributed by atoms with Gasteiger partial charge in [-0.15, -0.1) is 0 Å². The van der Waals surface area contributed by atoms with Gasteiger partial charge in [-0.25, -0.2) is 0 Å². The van der Waals surface area contributed by atoms with Gasteiger partial charge in [-0.2, -0.15) is 0 Å². The minimum Gasteiger partial charge on any atom is -0.309 e. The molecule has 4 aliphatic carbocycles. The highest BCUT2D eigenvalue weighted by molar-refractivity contribution is 6.00. The third-order valence-electron chi connectivity index (χ3n) is 15.0. The Bertz CT molecular complexity index is 2640. The molecule has 7 aromatic carbocycles. The van der Waals surface area contributed by atoms with E-state index in [4.69, 9.17) is 0 Å². The summed E-state index contributed by atoms with van der Waals surface area (Å²) < 4.78 is 0. The third kappa shape index (κ3) is 6.28. The summed E-state index contributed by atoms with van der Waals surface area (Å²) in [5.41, 5.74) is 19.7. The fourth-order valence-corrected chi connectivity index (χ4v) is 12.1. The Hall–Kier alpha value is -5.66. The van der Waals surface area contributed by atoms with Gasteiger partial charge in [0.15, 0.2) is 0 Å². The second-order valence-corrected chi connectivity index (χ2v) is 18.6. The van der Waals surface area contributed by atoms with Crippen LogP contribution in [0.2, 0.25) is 0 Å². The van der Waals surface area contributed by atoms with E-state index < -0.39 is 0 Å². The smallest absolute Gasteiger partial charge is 0.0544 e. The standard InChI is InChI=1S/C58H55N/c1-58(2)54-27-15-13-25-49(54)52-37-53(48-24-12-10-22-46(48)41-19-7-4-8-20-41)57(38-55(52)58)59(44-33-31-42(32-34-44)51-36-39-29-30-43(51)35-39)56-28-16-14-26-50(56)47-23-11-9-21-45(47)40-17-5-3-6-18-40/h4,7-16,19-28,31-34,37-40,43,51H,3,5-6,17-18,29-30,35-36H2,1-2H3. The topological polar surface area (TPSA) is 3.24 Å². The Morgan fingerprint density at radius 1 is 0.458 bits per heavy atom. The van der Waals surface area contributed by atoms with Crippen LogP contribution in [-0.2, 0) is 5.41 Å². The maximum absolute atomic E-state index is 2.63. The first-order chi connectivity index (χ1) is 29.0. The van der Waals surface area contributed by atoms with E-state index in [0.29, 0.717) is 11.8 Å². The average Bonchev–Trinajstić information content (AvgIpc) is 4.00. The van der Waals surface area contributed by atoms with Crippen molar-refractivity contribution in [3.63, 3.8) is 0 Å². The fourth-order valence-electron chi connectivity index (χ4n) is 12.1. The first-order valence-corrected chi connectivity index (χ1v) is 22.5. The van der Waals surface area contributed by atoms with E-state index in [0.717, 1.165) is 11.8 Å². The quantitative estimate of drug-likeness (QED) is 0.149. The van der Waals surface area contributed by atoms with Crippen molar-refractivity contribution in [3.8, 4) is 44.5 Å². The second kappa shape index (κ2) is 14.9. The van der Waals surface area contributed by atoms with Crippen molar-refractivity contribution in [2.24, 2.45) is 11.8 Å². The van der Waals surface area contributed by atoms with Crippen LogP contribution in [0.25, 0.3) is 44.5 Å². The molecule has 59 heavy (non-hydrogen) atoms. The summed E-state index contributed by atoms with van der Waals surface area (Å²) in [7, 11) is 0. The molecule has 0 spiro atoms. The van der Waals surface area contributed by atoms with Crippen LogP contribution >= 0.6 is 0 Å². The molecule has 0 amide bonds. The summed E-state index contributed by atoms with van der Waals surface area (Å²) in [5.74, 6) is 3.05. The molecule has 0 radical (unpaired) electrons. The van der Waals surface area contributed by atoms with Gasteiger partial charge in [-0.3, -0.25) is 0 Å². The van der Waals surface area contributed by atoms with Crippen molar-refractivity contribution in [2.45, 2.75) is 88.9 Å². The van der Waals surface area contributed by atoms with Gasteiger partial charge in [0.05, 0.1) is 11.4 Å². The van der Waals surface area contributed by atoms with E-state index in [1.807, 2.05) is 0 Å². The molecular formula is C58H55N. The third-order valence-corrected chi connectivity index (χ3v) is 15.0. The van der Waals surface area contributed by atoms with Gasteiger partial charge in [0.2, 0.25) is 0 Å². The molecule has 292 valence electrons. The van der Waals surface area contributed by atoms with Crippen molar-refractivity contribution in [1.82, 2.24) is 0 Å². The lowest BCUT2D eigenvalue weighted by Crippen LogP contribution is -2.18. The Morgan fingerprint density at radius 2 is 1.12 bits per heavy atom. The molecule has 1 nitrogen and oxygen atoms in total. The molecule has 0 aromatic heterocycles. The lowest BCUT2D eigenvalue weighted by Gasteiger charge is -2.33. The van der Waals surface area contributed by atoms with Crippen LogP contribution in [0.5, 0.6) is 0 Å². The van der Waals surface area contributed by atoms with Gasteiger partial charge in [-0.05, 0) is 142 Å². The molecule has 0 saturated heterocycles. The van der Waals surface area contributed by atoms with Crippen LogP contribution in [0.1, 0.15) is 106 Å². The molecule has 4 aliphatic rings.